The number of aromatic amines is 1. The van der Waals surface area contributed by atoms with E-state index in [0.717, 1.165) is 18.5 Å². The highest BCUT2D eigenvalue weighted by molar-refractivity contribution is 6.31. The molecule has 6 heteroatoms. The molecular weight excluding hydrogens is 290 g/mol. The number of carbonyl (C=O) groups is 1. The number of aryl methyl sites for hydroxylation is 1. The van der Waals surface area contributed by atoms with Gasteiger partial charge in [0.15, 0.2) is 0 Å². The Labute approximate surface area is 128 Å². The van der Waals surface area contributed by atoms with Crippen LogP contribution in [0.15, 0.2) is 30.3 Å². The van der Waals surface area contributed by atoms with Crippen molar-refractivity contribution in [3.8, 4) is 0 Å². The quantitative estimate of drug-likeness (QED) is 0.767. The van der Waals surface area contributed by atoms with E-state index in [0.29, 0.717) is 16.3 Å². The zero-order chi connectivity index (χ0) is 15.2. The number of hydrogen-bond donors (Lipinski definition) is 3. The summed E-state index contributed by atoms with van der Waals surface area (Å²) in [6, 6.07) is 8.73. The van der Waals surface area contributed by atoms with Crippen LogP contribution in [-0.2, 0) is 6.42 Å². The van der Waals surface area contributed by atoms with E-state index in [2.05, 4.69) is 22.4 Å². The number of rotatable bonds is 6. The van der Waals surface area contributed by atoms with Crippen molar-refractivity contribution in [3.63, 3.8) is 0 Å². The summed E-state index contributed by atoms with van der Waals surface area (Å²) < 4.78 is 0. The second-order valence-corrected chi connectivity index (χ2v) is 5.18. The Hall–Kier alpha value is -1.85. The van der Waals surface area contributed by atoms with Gasteiger partial charge in [-0.15, -0.1) is 0 Å². The molecule has 2 aromatic rings. The third kappa shape index (κ3) is 4.06. The van der Waals surface area contributed by atoms with Crippen molar-refractivity contribution in [2.45, 2.75) is 25.9 Å². The van der Waals surface area contributed by atoms with Crippen LogP contribution in [0.3, 0.4) is 0 Å². The lowest BCUT2D eigenvalue weighted by Crippen LogP contribution is -2.28. The van der Waals surface area contributed by atoms with Gasteiger partial charge < -0.3 is 10.4 Å². The number of halogens is 1. The average molecular weight is 308 g/mol. The van der Waals surface area contributed by atoms with Gasteiger partial charge >= 0.3 is 0 Å². The lowest BCUT2D eigenvalue weighted by atomic mass is 10.1. The van der Waals surface area contributed by atoms with Gasteiger partial charge in [-0.25, -0.2) is 0 Å². The maximum absolute atomic E-state index is 11.9. The SMILES string of the molecule is CCCc1cc(C(=O)NCC(O)c2ccccc2Cl)n[nH]1. The summed E-state index contributed by atoms with van der Waals surface area (Å²) in [7, 11) is 0. The van der Waals surface area contributed by atoms with Gasteiger partial charge in [0.05, 0.1) is 6.10 Å². The summed E-state index contributed by atoms with van der Waals surface area (Å²) in [5.74, 6) is -0.320. The molecule has 0 spiro atoms. The first kappa shape index (κ1) is 15.5. The van der Waals surface area contributed by atoms with E-state index in [9.17, 15) is 9.90 Å². The smallest absolute Gasteiger partial charge is 0.271 e. The van der Waals surface area contributed by atoms with E-state index in [1.807, 2.05) is 0 Å². The summed E-state index contributed by atoms with van der Waals surface area (Å²) in [6.07, 6.45) is 0.980. The molecule has 0 aliphatic rings. The number of H-pyrrole nitrogens is 1. The minimum Gasteiger partial charge on any atom is -0.387 e. The third-order valence-corrected chi connectivity index (χ3v) is 3.45. The highest BCUT2D eigenvalue weighted by Crippen LogP contribution is 2.21. The molecule has 21 heavy (non-hydrogen) atoms. The Bertz CT molecular complexity index is 612. The first-order valence-electron chi connectivity index (χ1n) is 6.86. The van der Waals surface area contributed by atoms with Crippen LogP contribution in [0.4, 0.5) is 0 Å². The predicted octanol–water partition coefficient (Wildman–Crippen LogP) is 2.48. The van der Waals surface area contributed by atoms with E-state index in [4.69, 9.17) is 11.6 Å². The predicted molar refractivity (Wildman–Crippen MR) is 81.3 cm³/mol. The average Bonchev–Trinajstić information content (AvgIpc) is 2.94. The van der Waals surface area contributed by atoms with Gasteiger partial charge in [0.1, 0.15) is 5.69 Å². The molecule has 1 aromatic heterocycles. The van der Waals surface area contributed by atoms with Crippen LogP contribution < -0.4 is 5.32 Å². The largest absolute Gasteiger partial charge is 0.387 e. The molecular formula is C15H18ClN3O2. The third-order valence-electron chi connectivity index (χ3n) is 3.10. The number of carbonyl (C=O) groups excluding carboxylic acids is 1. The molecule has 0 fully saturated rings. The molecule has 1 unspecified atom stereocenters. The number of benzene rings is 1. The molecule has 1 atom stereocenters. The molecule has 1 amide bonds. The summed E-state index contributed by atoms with van der Waals surface area (Å²) in [5.41, 5.74) is 1.84. The van der Waals surface area contributed by atoms with Gasteiger partial charge in [-0.1, -0.05) is 43.1 Å². The summed E-state index contributed by atoms with van der Waals surface area (Å²) in [6.45, 7) is 2.14. The summed E-state index contributed by atoms with van der Waals surface area (Å²) in [5, 5.41) is 20.0. The maximum Gasteiger partial charge on any atom is 0.271 e. The molecule has 0 saturated heterocycles. The first-order valence-corrected chi connectivity index (χ1v) is 7.24. The van der Waals surface area contributed by atoms with Gasteiger partial charge in [0.25, 0.3) is 5.91 Å². The van der Waals surface area contributed by atoms with Crippen molar-refractivity contribution < 1.29 is 9.90 Å². The summed E-state index contributed by atoms with van der Waals surface area (Å²) >= 11 is 6.00. The van der Waals surface area contributed by atoms with Crippen LogP contribution in [0.5, 0.6) is 0 Å². The molecule has 0 aliphatic carbocycles. The van der Waals surface area contributed by atoms with Gasteiger partial charge in [-0.2, -0.15) is 5.10 Å². The Kier molecular flexibility index (Phi) is 5.36. The van der Waals surface area contributed by atoms with Crippen molar-refractivity contribution in [2.24, 2.45) is 0 Å². The lowest BCUT2D eigenvalue weighted by Gasteiger charge is -2.12. The second-order valence-electron chi connectivity index (χ2n) is 4.78. The monoisotopic (exact) mass is 307 g/mol. The van der Waals surface area contributed by atoms with Crippen molar-refractivity contribution in [1.82, 2.24) is 15.5 Å². The lowest BCUT2D eigenvalue weighted by molar-refractivity contribution is 0.0911. The molecule has 1 heterocycles. The second kappa shape index (κ2) is 7.24. The van der Waals surface area contributed by atoms with Gasteiger partial charge in [0, 0.05) is 22.8 Å². The summed E-state index contributed by atoms with van der Waals surface area (Å²) in [4.78, 5) is 11.9. The molecule has 0 aliphatic heterocycles. The van der Waals surface area contributed by atoms with Crippen molar-refractivity contribution in [1.29, 1.82) is 0 Å². The highest BCUT2D eigenvalue weighted by atomic mass is 35.5. The molecule has 0 bridgehead atoms. The number of hydrogen-bond acceptors (Lipinski definition) is 3. The standard InChI is InChI=1S/C15H18ClN3O2/c1-2-5-10-8-13(19-18-10)15(21)17-9-14(20)11-6-3-4-7-12(11)16/h3-4,6-8,14,20H,2,5,9H2,1H3,(H,17,21)(H,18,19). The molecule has 1 aromatic carbocycles. The Morgan fingerprint density at radius 1 is 1.48 bits per heavy atom. The van der Waals surface area contributed by atoms with Crippen LogP contribution in [0.2, 0.25) is 5.02 Å². The van der Waals surface area contributed by atoms with E-state index in [1.165, 1.54) is 0 Å². The number of aliphatic hydroxyl groups is 1. The Balaban J connectivity index is 1.92. The fourth-order valence-corrected chi connectivity index (χ4v) is 2.27. The van der Waals surface area contributed by atoms with Gasteiger partial charge in [0.2, 0.25) is 0 Å². The van der Waals surface area contributed by atoms with Crippen LogP contribution in [0, 0.1) is 0 Å². The molecule has 112 valence electrons. The fourth-order valence-electron chi connectivity index (χ4n) is 2.01. The normalized spacial score (nSPS) is 12.1. The molecule has 3 N–H and O–H groups in total. The van der Waals surface area contributed by atoms with Crippen LogP contribution in [0.25, 0.3) is 0 Å². The highest BCUT2D eigenvalue weighted by Gasteiger charge is 2.15. The van der Waals surface area contributed by atoms with Gasteiger partial charge in [-0.3, -0.25) is 9.89 Å². The van der Waals surface area contributed by atoms with Crippen molar-refractivity contribution in [3.05, 3.63) is 52.3 Å². The Morgan fingerprint density at radius 2 is 2.24 bits per heavy atom. The van der Waals surface area contributed by atoms with Crippen LogP contribution in [-0.4, -0.2) is 27.8 Å². The maximum atomic E-state index is 11.9. The van der Waals surface area contributed by atoms with E-state index >= 15 is 0 Å². The number of aliphatic hydroxyl groups excluding tert-OH is 1. The number of amides is 1. The Morgan fingerprint density at radius 3 is 2.95 bits per heavy atom. The molecule has 5 nitrogen and oxygen atoms in total. The zero-order valence-corrected chi connectivity index (χ0v) is 12.5. The number of nitrogens with zero attached hydrogens (tertiary/aromatic N) is 1. The van der Waals surface area contributed by atoms with E-state index < -0.39 is 6.10 Å². The number of nitrogens with one attached hydrogen (secondary N) is 2. The number of aromatic nitrogens is 2. The zero-order valence-electron chi connectivity index (χ0n) is 11.8. The minimum absolute atomic E-state index is 0.0819. The molecule has 0 saturated carbocycles. The minimum atomic E-state index is -0.850. The van der Waals surface area contributed by atoms with Crippen molar-refractivity contribution in [2.75, 3.05) is 6.54 Å². The van der Waals surface area contributed by atoms with E-state index in [-0.39, 0.29) is 12.5 Å². The van der Waals surface area contributed by atoms with Crippen LogP contribution in [0.1, 0.15) is 41.2 Å². The van der Waals surface area contributed by atoms with Crippen LogP contribution >= 0.6 is 11.6 Å². The fraction of sp³-hybridized carbons (Fsp3) is 0.333. The molecule has 0 radical (unpaired) electrons. The van der Waals surface area contributed by atoms with E-state index in [1.54, 1.807) is 30.3 Å². The first-order chi connectivity index (χ1) is 10.1. The molecule has 2 rings (SSSR count). The van der Waals surface area contributed by atoms with Gasteiger partial charge in [-0.05, 0) is 18.6 Å². The van der Waals surface area contributed by atoms with Crippen molar-refractivity contribution >= 4 is 17.5 Å². The topological polar surface area (TPSA) is 78.0 Å².